The summed E-state index contributed by atoms with van der Waals surface area (Å²) in [6.45, 7) is 4.76. The predicted octanol–water partition coefficient (Wildman–Crippen LogP) is 3.12. The minimum atomic E-state index is -3.39. The Morgan fingerprint density at radius 1 is 1.00 bits per heavy atom. The number of fused-ring (bicyclic) bond motifs is 1. The van der Waals surface area contributed by atoms with Crippen molar-refractivity contribution in [3.8, 4) is 0 Å². The molecule has 1 heterocycles. The van der Waals surface area contributed by atoms with Gasteiger partial charge in [0, 0.05) is 18.7 Å². The van der Waals surface area contributed by atoms with Crippen LogP contribution in [0.3, 0.4) is 0 Å². The lowest BCUT2D eigenvalue weighted by Gasteiger charge is -2.25. The largest absolute Gasteiger partial charge is 0.306 e. The van der Waals surface area contributed by atoms with Crippen LogP contribution in [0, 0.1) is 13.8 Å². The summed E-state index contributed by atoms with van der Waals surface area (Å²) < 4.78 is 25.7. The smallest absolute Gasteiger partial charge is 0.258 e. The normalized spacial score (nSPS) is 14.8. The van der Waals surface area contributed by atoms with E-state index in [1.54, 1.807) is 23.1 Å². The minimum absolute atomic E-state index is 0.0969. The third-order valence-electron chi connectivity index (χ3n) is 4.44. The molecular formula is C19H22N2O3S. The minimum Gasteiger partial charge on any atom is -0.306 e. The van der Waals surface area contributed by atoms with Crippen molar-refractivity contribution in [2.24, 2.45) is 0 Å². The zero-order valence-corrected chi connectivity index (χ0v) is 15.5. The number of rotatable bonds is 2. The van der Waals surface area contributed by atoms with Crippen molar-refractivity contribution in [2.75, 3.05) is 28.6 Å². The Kier molecular flexibility index (Phi) is 4.56. The number of carbonyl (C=O) groups excluding carboxylic acids is 1. The molecule has 2 aromatic rings. The topological polar surface area (TPSA) is 57.7 Å². The third kappa shape index (κ3) is 3.39. The second kappa shape index (κ2) is 6.52. The molecule has 2 aromatic carbocycles. The van der Waals surface area contributed by atoms with Crippen molar-refractivity contribution in [3.63, 3.8) is 0 Å². The summed E-state index contributed by atoms with van der Waals surface area (Å²) in [5.74, 6) is -0.0969. The molecule has 0 unspecified atom stereocenters. The number of nitrogens with zero attached hydrogens (tertiary/aromatic N) is 2. The molecule has 0 aromatic heterocycles. The molecule has 0 bridgehead atoms. The van der Waals surface area contributed by atoms with Crippen molar-refractivity contribution >= 4 is 27.3 Å². The van der Waals surface area contributed by atoms with E-state index in [0.717, 1.165) is 11.1 Å². The first kappa shape index (κ1) is 17.5. The van der Waals surface area contributed by atoms with Crippen molar-refractivity contribution < 1.29 is 13.2 Å². The van der Waals surface area contributed by atoms with Gasteiger partial charge in [0.05, 0.1) is 17.6 Å². The van der Waals surface area contributed by atoms with Crippen molar-refractivity contribution in [2.45, 2.75) is 20.3 Å². The molecule has 25 heavy (non-hydrogen) atoms. The number of hydrogen-bond acceptors (Lipinski definition) is 3. The summed E-state index contributed by atoms with van der Waals surface area (Å²) in [5.41, 5.74) is 3.87. The van der Waals surface area contributed by atoms with Gasteiger partial charge in [-0.2, -0.15) is 0 Å². The van der Waals surface area contributed by atoms with E-state index in [1.165, 1.54) is 10.6 Å². The van der Waals surface area contributed by atoms with Crippen LogP contribution in [-0.4, -0.2) is 33.7 Å². The molecule has 1 aliphatic rings. The lowest BCUT2D eigenvalue weighted by Crippen LogP contribution is -2.32. The SMILES string of the molecule is Cc1ccc(C(=O)N2CCCN(S(C)(=O)=O)c3ccccc32)c(C)c1. The average Bonchev–Trinajstić information content (AvgIpc) is 2.73. The van der Waals surface area contributed by atoms with Crippen molar-refractivity contribution in [1.29, 1.82) is 0 Å². The fourth-order valence-electron chi connectivity index (χ4n) is 3.27. The van der Waals surface area contributed by atoms with Crippen LogP contribution in [0.15, 0.2) is 42.5 Å². The average molecular weight is 358 g/mol. The third-order valence-corrected chi connectivity index (χ3v) is 5.62. The van der Waals surface area contributed by atoms with Crippen LogP contribution < -0.4 is 9.21 Å². The van der Waals surface area contributed by atoms with Crippen LogP contribution in [0.2, 0.25) is 0 Å². The standard InChI is InChI=1S/C19H22N2O3S/c1-14-9-10-16(15(2)13-14)19(22)20-11-6-12-21(25(3,23)24)18-8-5-4-7-17(18)20/h4-5,7-10,13H,6,11-12H2,1-3H3. The number of sulfonamides is 1. The fraction of sp³-hybridized carbons (Fsp3) is 0.316. The number of carbonyl (C=O) groups is 1. The highest BCUT2D eigenvalue weighted by atomic mass is 32.2. The number of hydrogen-bond donors (Lipinski definition) is 0. The Balaban J connectivity index is 2.08. The molecule has 0 atom stereocenters. The number of aryl methyl sites for hydroxylation is 2. The number of anilines is 2. The molecule has 0 fully saturated rings. The van der Waals surface area contributed by atoms with Crippen LogP contribution in [0.25, 0.3) is 0 Å². The van der Waals surface area contributed by atoms with Gasteiger partial charge in [-0.05, 0) is 44.0 Å². The summed E-state index contributed by atoms with van der Waals surface area (Å²) in [6.07, 6.45) is 1.78. The van der Waals surface area contributed by atoms with E-state index >= 15 is 0 Å². The molecule has 132 valence electrons. The second-order valence-electron chi connectivity index (χ2n) is 6.45. The highest BCUT2D eigenvalue weighted by Crippen LogP contribution is 2.34. The van der Waals surface area contributed by atoms with E-state index < -0.39 is 10.0 Å². The van der Waals surface area contributed by atoms with Gasteiger partial charge in [0.15, 0.2) is 0 Å². The van der Waals surface area contributed by atoms with Gasteiger partial charge in [0.2, 0.25) is 10.0 Å². The number of amides is 1. The number of para-hydroxylation sites is 2. The van der Waals surface area contributed by atoms with Crippen LogP contribution >= 0.6 is 0 Å². The molecule has 0 N–H and O–H groups in total. The fourth-order valence-corrected chi connectivity index (χ4v) is 4.24. The Labute approximate surface area is 148 Å². The Morgan fingerprint density at radius 2 is 1.68 bits per heavy atom. The molecule has 5 nitrogen and oxygen atoms in total. The van der Waals surface area contributed by atoms with Gasteiger partial charge in [-0.1, -0.05) is 29.8 Å². The monoisotopic (exact) mass is 358 g/mol. The molecule has 1 aliphatic heterocycles. The molecule has 0 aliphatic carbocycles. The number of benzene rings is 2. The maximum Gasteiger partial charge on any atom is 0.258 e. The first-order valence-corrected chi connectivity index (χ1v) is 10.1. The summed E-state index contributed by atoms with van der Waals surface area (Å²) in [5, 5.41) is 0. The summed E-state index contributed by atoms with van der Waals surface area (Å²) >= 11 is 0. The van der Waals surface area contributed by atoms with E-state index in [9.17, 15) is 13.2 Å². The lowest BCUT2D eigenvalue weighted by atomic mass is 10.0. The maximum atomic E-state index is 13.2. The summed E-state index contributed by atoms with van der Waals surface area (Å²) in [4.78, 5) is 14.9. The predicted molar refractivity (Wildman–Crippen MR) is 101 cm³/mol. The van der Waals surface area contributed by atoms with Gasteiger partial charge in [0.1, 0.15) is 0 Å². The van der Waals surface area contributed by atoms with E-state index in [4.69, 9.17) is 0 Å². The van der Waals surface area contributed by atoms with E-state index in [1.807, 2.05) is 38.1 Å². The molecule has 1 amide bonds. The van der Waals surface area contributed by atoms with Gasteiger partial charge in [0.25, 0.3) is 5.91 Å². The lowest BCUT2D eigenvalue weighted by molar-refractivity contribution is 0.0986. The van der Waals surface area contributed by atoms with Gasteiger partial charge < -0.3 is 4.90 Å². The van der Waals surface area contributed by atoms with Crippen LogP contribution in [-0.2, 0) is 10.0 Å². The van der Waals surface area contributed by atoms with Gasteiger partial charge in [-0.15, -0.1) is 0 Å². The van der Waals surface area contributed by atoms with E-state index in [2.05, 4.69) is 0 Å². The van der Waals surface area contributed by atoms with Crippen LogP contribution in [0.5, 0.6) is 0 Å². The quantitative estimate of drug-likeness (QED) is 0.829. The van der Waals surface area contributed by atoms with Gasteiger partial charge >= 0.3 is 0 Å². The highest BCUT2D eigenvalue weighted by molar-refractivity contribution is 7.92. The summed E-state index contributed by atoms with van der Waals surface area (Å²) in [6, 6.07) is 12.9. The molecular weight excluding hydrogens is 336 g/mol. The molecule has 0 spiro atoms. The van der Waals surface area contributed by atoms with Crippen LogP contribution in [0.4, 0.5) is 11.4 Å². The van der Waals surface area contributed by atoms with Crippen LogP contribution in [0.1, 0.15) is 27.9 Å². The van der Waals surface area contributed by atoms with Gasteiger partial charge in [-0.25, -0.2) is 8.42 Å². The molecule has 0 saturated carbocycles. The first-order chi connectivity index (χ1) is 11.8. The Hall–Kier alpha value is -2.34. The first-order valence-electron chi connectivity index (χ1n) is 8.25. The maximum absolute atomic E-state index is 13.2. The van der Waals surface area contributed by atoms with Gasteiger partial charge in [-0.3, -0.25) is 9.10 Å². The zero-order valence-electron chi connectivity index (χ0n) is 14.7. The Morgan fingerprint density at radius 3 is 2.32 bits per heavy atom. The molecule has 0 saturated heterocycles. The molecule has 0 radical (unpaired) electrons. The van der Waals surface area contributed by atoms with E-state index in [0.29, 0.717) is 36.4 Å². The highest BCUT2D eigenvalue weighted by Gasteiger charge is 2.29. The van der Waals surface area contributed by atoms with Crippen molar-refractivity contribution in [1.82, 2.24) is 0 Å². The van der Waals surface area contributed by atoms with Crippen molar-refractivity contribution in [3.05, 3.63) is 59.2 Å². The second-order valence-corrected chi connectivity index (χ2v) is 8.36. The zero-order chi connectivity index (χ0) is 18.2. The van der Waals surface area contributed by atoms with E-state index in [-0.39, 0.29) is 5.91 Å². The Bertz CT molecular complexity index is 922. The molecule has 3 rings (SSSR count). The summed E-state index contributed by atoms with van der Waals surface area (Å²) in [7, 11) is -3.39. The molecule has 6 heteroatoms.